The highest BCUT2D eigenvalue weighted by molar-refractivity contribution is 5.79. The van der Waals surface area contributed by atoms with E-state index in [1.165, 1.54) is 11.1 Å². The van der Waals surface area contributed by atoms with E-state index in [2.05, 4.69) is 55.3 Å². The number of amides is 1. The lowest BCUT2D eigenvalue weighted by atomic mass is 9.92. The Balaban J connectivity index is 1.70. The fourth-order valence-electron chi connectivity index (χ4n) is 4.20. The summed E-state index contributed by atoms with van der Waals surface area (Å²) >= 11 is 0. The Morgan fingerprint density at radius 1 is 1.23 bits per heavy atom. The Bertz CT molecular complexity index is 542. The van der Waals surface area contributed by atoms with E-state index in [0.29, 0.717) is 23.9 Å². The minimum atomic E-state index is 0.217. The second-order valence-electron chi connectivity index (χ2n) is 7.21. The van der Waals surface area contributed by atoms with Crippen molar-refractivity contribution in [3.8, 4) is 0 Å². The molecule has 0 saturated carbocycles. The third-order valence-corrected chi connectivity index (χ3v) is 5.46. The van der Waals surface area contributed by atoms with Crippen LogP contribution in [0.1, 0.15) is 50.2 Å². The largest absolute Gasteiger partial charge is 0.339 e. The average molecular weight is 300 g/mol. The Kier molecular flexibility index (Phi) is 4.53. The van der Waals surface area contributed by atoms with Crippen LogP contribution in [0.5, 0.6) is 0 Å². The number of benzene rings is 1. The molecule has 0 bridgehead atoms. The van der Waals surface area contributed by atoms with Crippen molar-refractivity contribution in [2.24, 2.45) is 5.92 Å². The summed E-state index contributed by atoms with van der Waals surface area (Å²) in [6.45, 7) is 8.44. The molecule has 1 N–H and O–H groups in total. The third-order valence-electron chi connectivity index (χ3n) is 5.46. The number of hydrogen-bond acceptors (Lipinski definition) is 2. The highest BCUT2D eigenvalue weighted by Crippen LogP contribution is 2.35. The van der Waals surface area contributed by atoms with Crippen LogP contribution in [-0.2, 0) is 4.79 Å². The first-order valence-corrected chi connectivity index (χ1v) is 8.65. The second-order valence-corrected chi connectivity index (χ2v) is 7.21. The van der Waals surface area contributed by atoms with Gasteiger partial charge >= 0.3 is 0 Å². The number of rotatable bonds is 2. The van der Waals surface area contributed by atoms with E-state index in [0.717, 1.165) is 32.4 Å². The zero-order chi connectivity index (χ0) is 15.7. The summed E-state index contributed by atoms with van der Waals surface area (Å²) in [5.41, 5.74) is 2.77. The van der Waals surface area contributed by atoms with Gasteiger partial charge < -0.3 is 10.2 Å². The van der Waals surface area contributed by atoms with Gasteiger partial charge in [-0.1, -0.05) is 24.3 Å². The molecule has 2 heterocycles. The van der Waals surface area contributed by atoms with Crippen molar-refractivity contribution in [1.29, 1.82) is 0 Å². The normalized spacial score (nSPS) is 32.2. The maximum atomic E-state index is 12.9. The third kappa shape index (κ3) is 3.05. The summed E-state index contributed by atoms with van der Waals surface area (Å²) in [4.78, 5) is 15.1. The topological polar surface area (TPSA) is 32.3 Å². The van der Waals surface area contributed by atoms with Crippen LogP contribution < -0.4 is 5.32 Å². The van der Waals surface area contributed by atoms with Gasteiger partial charge in [-0.3, -0.25) is 4.79 Å². The molecule has 2 unspecified atom stereocenters. The molecule has 2 fully saturated rings. The van der Waals surface area contributed by atoms with E-state index in [1.54, 1.807) is 0 Å². The Labute approximate surface area is 134 Å². The zero-order valence-electron chi connectivity index (χ0n) is 14.0. The predicted molar refractivity (Wildman–Crippen MR) is 89.9 cm³/mol. The van der Waals surface area contributed by atoms with Crippen molar-refractivity contribution in [2.75, 3.05) is 13.1 Å². The van der Waals surface area contributed by atoms with Gasteiger partial charge in [0.2, 0.25) is 5.91 Å². The van der Waals surface area contributed by atoms with Crippen LogP contribution in [0.25, 0.3) is 0 Å². The monoisotopic (exact) mass is 300 g/mol. The molecule has 1 amide bonds. The molecule has 4 atom stereocenters. The number of hydrogen-bond donors (Lipinski definition) is 1. The van der Waals surface area contributed by atoms with Crippen molar-refractivity contribution < 1.29 is 4.79 Å². The molecule has 2 saturated heterocycles. The molecule has 120 valence electrons. The number of nitrogens with zero attached hydrogens (tertiary/aromatic N) is 1. The molecule has 2 aliphatic heterocycles. The molecular weight excluding hydrogens is 272 g/mol. The van der Waals surface area contributed by atoms with E-state index in [4.69, 9.17) is 0 Å². The SMILES string of the molecule is Cc1ccccc1C1CC(C)N(C(=O)[C@H]2CCN[C@@H](C)C2)C1. The number of piperidine rings is 1. The van der Waals surface area contributed by atoms with Crippen molar-refractivity contribution in [3.63, 3.8) is 0 Å². The van der Waals surface area contributed by atoms with Gasteiger partial charge in [0.25, 0.3) is 0 Å². The summed E-state index contributed by atoms with van der Waals surface area (Å²) in [7, 11) is 0. The van der Waals surface area contributed by atoms with Gasteiger partial charge in [-0.05, 0) is 57.7 Å². The summed E-state index contributed by atoms with van der Waals surface area (Å²) < 4.78 is 0. The van der Waals surface area contributed by atoms with Crippen molar-refractivity contribution in [3.05, 3.63) is 35.4 Å². The van der Waals surface area contributed by atoms with Crippen LogP contribution >= 0.6 is 0 Å². The van der Waals surface area contributed by atoms with E-state index in [9.17, 15) is 4.79 Å². The molecule has 2 aliphatic rings. The molecule has 22 heavy (non-hydrogen) atoms. The number of nitrogens with one attached hydrogen (secondary N) is 1. The molecule has 0 aromatic heterocycles. The van der Waals surface area contributed by atoms with Gasteiger partial charge in [0, 0.05) is 30.5 Å². The van der Waals surface area contributed by atoms with Crippen LogP contribution in [0.15, 0.2) is 24.3 Å². The van der Waals surface area contributed by atoms with E-state index in [1.807, 2.05) is 0 Å². The molecule has 3 nitrogen and oxygen atoms in total. The summed E-state index contributed by atoms with van der Waals surface area (Å²) in [5, 5.41) is 3.44. The molecule has 1 aromatic carbocycles. The lowest BCUT2D eigenvalue weighted by Gasteiger charge is -2.32. The molecule has 1 aromatic rings. The summed E-state index contributed by atoms with van der Waals surface area (Å²) in [5.74, 6) is 1.10. The van der Waals surface area contributed by atoms with Gasteiger partial charge in [0.05, 0.1) is 0 Å². The maximum absolute atomic E-state index is 12.9. The Morgan fingerprint density at radius 2 is 2.00 bits per heavy atom. The Morgan fingerprint density at radius 3 is 2.73 bits per heavy atom. The molecule has 0 radical (unpaired) electrons. The number of aryl methyl sites for hydroxylation is 1. The van der Waals surface area contributed by atoms with E-state index in [-0.39, 0.29) is 5.92 Å². The van der Waals surface area contributed by atoms with Gasteiger partial charge in [-0.15, -0.1) is 0 Å². The minimum absolute atomic E-state index is 0.217. The van der Waals surface area contributed by atoms with Crippen LogP contribution in [0.2, 0.25) is 0 Å². The highest BCUT2D eigenvalue weighted by atomic mass is 16.2. The van der Waals surface area contributed by atoms with Crippen LogP contribution in [0.3, 0.4) is 0 Å². The lowest BCUT2D eigenvalue weighted by Crippen LogP contribution is -2.45. The number of likely N-dealkylation sites (tertiary alicyclic amines) is 1. The van der Waals surface area contributed by atoms with E-state index >= 15 is 0 Å². The standard InChI is InChI=1S/C19H28N2O/c1-13-6-4-5-7-18(13)17-11-15(3)21(12-17)19(22)16-8-9-20-14(2)10-16/h4-7,14-17,20H,8-12H2,1-3H3/t14-,15?,16-,17?/m0/s1. The molecule has 3 rings (SSSR count). The molecule has 0 spiro atoms. The fraction of sp³-hybridized carbons (Fsp3) is 0.632. The first-order valence-electron chi connectivity index (χ1n) is 8.65. The quantitative estimate of drug-likeness (QED) is 0.910. The van der Waals surface area contributed by atoms with Crippen molar-refractivity contribution in [2.45, 2.75) is 58.0 Å². The Hall–Kier alpha value is -1.35. The first-order chi connectivity index (χ1) is 10.6. The fourth-order valence-corrected chi connectivity index (χ4v) is 4.20. The summed E-state index contributed by atoms with van der Waals surface area (Å²) in [6, 6.07) is 9.45. The van der Waals surface area contributed by atoms with Gasteiger partial charge in [-0.25, -0.2) is 0 Å². The smallest absolute Gasteiger partial charge is 0.226 e. The predicted octanol–water partition coefficient (Wildman–Crippen LogP) is 3.09. The molecule has 3 heteroatoms. The van der Waals surface area contributed by atoms with Crippen molar-refractivity contribution >= 4 is 5.91 Å². The second kappa shape index (κ2) is 6.41. The van der Waals surface area contributed by atoms with Gasteiger partial charge in [0.1, 0.15) is 0 Å². The van der Waals surface area contributed by atoms with Crippen molar-refractivity contribution in [1.82, 2.24) is 10.2 Å². The average Bonchev–Trinajstić information content (AvgIpc) is 2.88. The maximum Gasteiger partial charge on any atom is 0.226 e. The zero-order valence-corrected chi connectivity index (χ0v) is 14.0. The van der Waals surface area contributed by atoms with Gasteiger partial charge in [-0.2, -0.15) is 0 Å². The summed E-state index contributed by atoms with van der Waals surface area (Å²) in [6.07, 6.45) is 3.07. The number of carbonyl (C=O) groups excluding carboxylic acids is 1. The van der Waals surface area contributed by atoms with Crippen LogP contribution in [0, 0.1) is 12.8 Å². The van der Waals surface area contributed by atoms with Gasteiger partial charge in [0.15, 0.2) is 0 Å². The molecular formula is C19H28N2O. The van der Waals surface area contributed by atoms with Crippen LogP contribution in [-0.4, -0.2) is 36.0 Å². The minimum Gasteiger partial charge on any atom is -0.339 e. The molecule has 0 aliphatic carbocycles. The number of carbonyl (C=O) groups is 1. The lowest BCUT2D eigenvalue weighted by molar-refractivity contribution is -0.137. The van der Waals surface area contributed by atoms with Crippen LogP contribution in [0.4, 0.5) is 0 Å². The van der Waals surface area contributed by atoms with E-state index < -0.39 is 0 Å². The first kappa shape index (κ1) is 15.5. The highest BCUT2D eigenvalue weighted by Gasteiger charge is 2.37.